The molecule has 3 N–H and O–H groups in total. The predicted octanol–water partition coefficient (Wildman–Crippen LogP) is 2.08. The van der Waals surface area contributed by atoms with Gasteiger partial charge in [-0.2, -0.15) is 5.10 Å². The number of nitrogens with zero attached hydrogens (tertiary/aromatic N) is 3. The zero-order chi connectivity index (χ0) is 12.4. The van der Waals surface area contributed by atoms with E-state index in [1.54, 1.807) is 10.9 Å². The van der Waals surface area contributed by atoms with Gasteiger partial charge in [0.25, 0.3) is 0 Å². The molecule has 2 rings (SSSR count). The lowest BCUT2D eigenvalue weighted by Gasteiger charge is -2.06. The molecule has 0 amide bonds. The van der Waals surface area contributed by atoms with Crippen LogP contribution in [0.1, 0.15) is 11.3 Å². The minimum absolute atomic E-state index is 0.619. The summed E-state index contributed by atoms with van der Waals surface area (Å²) in [6.45, 7) is 2.57. The van der Waals surface area contributed by atoms with Gasteiger partial charge < -0.3 is 11.1 Å². The summed E-state index contributed by atoms with van der Waals surface area (Å²) in [5.41, 5.74) is 7.77. The topological polar surface area (TPSA) is 68.8 Å². The Balaban J connectivity index is 2.07. The summed E-state index contributed by atoms with van der Waals surface area (Å²) in [6, 6.07) is 3.89. The molecule has 5 nitrogen and oxygen atoms in total. The molecule has 0 aliphatic rings. The predicted molar refractivity (Wildman–Crippen MR) is 71.6 cm³/mol. The first kappa shape index (κ1) is 11.9. The average molecular weight is 296 g/mol. The van der Waals surface area contributed by atoms with E-state index in [2.05, 4.69) is 31.3 Å². The highest BCUT2D eigenvalue weighted by Crippen LogP contribution is 2.17. The molecule has 2 heterocycles. The van der Waals surface area contributed by atoms with Gasteiger partial charge in [-0.05, 0) is 35.0 Å². The molecule has 0 unspecified atom stereocenters. The first-order chi connectivity index (χ1) is 8.08. The lowest BCUT2D eigenvalue weighted by molar-refractivity contribution is 0.778. The van der Waals surface area contributed by atoms with Gasteiger partial charge in [-0.25, -0.2) is 4.98 Å². The second kappa shape index (κ2) is 4.75. The van der Waals surface area contributed by atoms with Crippen molar-refractivity contribution < 1.29 is 0 Å². The maximum absolute atomic E-state index is 5.85. The van der Waals surface area contributed by atoms with Crippen molar-refractivity contribution in [2.75, 3.05) is 11.1 Å². The van der Waals surface area contributed by atoms with Crippen LogP contribution in [0.5, 0.6) is 0 Å². The molecule has 0 fully saturated rings. The molecule has 0 saturated heterocycles. The van der Waals surface area contributed by atoms with Crippen molar-refractivity contribution in [3.8, 4) is 0 Å². The Morgan fingerprint density at radius 3 is 2.82 bits per heavy atom. The minimum atomic E-state index is 0.619. The smallest absolute Gasteiger partial charge is 0.126 e. The van der Waals surface area contributed by atoms with Gasteiger partial charge in [0.1, 0.15) is 11.6 Å². The van der Waals surface area contributed by atoms with Gasteiger partial charge in [-0.3, -0.25) is 4.68 Å². The van der Waals surface area contributed by atoms with E-state index in [4.69, 9.17) is 5.73 Å². The average Bonchev–Trinajstić information content (AvgIpc) is 2.62. The summed E-state index contributed by atoms with van der Waals surface area (Å²) < 4.78 is 2.65. The Kier molecular flexibility index (Phi) is 3.33. The number of hydrogen-bond acceptors (Lipinski definition) is 4. The number of aryl methyl sites for hydroxylation is 2. The molecule has 0 saturated carbocycles. The van der Waals surface area contributed by atoms with Crippen molar-refractivity contribution in [1.29, 1.82) is 0 Å². The molecular weight excluding hydrogens is 282 g/mol. The molecule has 0 atom stereocenters. The molecule has 17 heavy (non-hydrogen) atoms. The van der Waals surface area contributed by atoms with Crippen LogP contribution in [0, 0.1) is 6.92 Å². The van der Waals surface area contributed by atoms with Crippen LogP contribution in [0.2, 0.25) is 0 Å². The SMILES string of the molecule is Cc1nc(NCc2cnn(C)c2N)ccc1Br. The van der Waals surface area contributed by atoms with Crippen LogP contribution in [0.3, 0.4) is 0 Å². The molecular formula is C11H14BrN5. The maximum atomic E-state index is 5.85. The third-order valence-electron chi connectivity index (χ3n) is 2.55. The van der Waals surface area contributed by atoms with Crippen molar-refractivity contribution in [1.82, 2.24) is 14.8 Å². The number of anilines is 2. The van der Waals surface area contributed by atoms with Crippen LogP contribution in [0.15, 0.2) is 22.8 Å². The van der Waals surface area contributed by atoms with Gasteiger partial charge >= 0.3 is 0 Å². The molecule has 0 aliphatic carbocycles. The fourth-order valence-electron chi connectivity index (χ4n) is 1.46. The Morgan fingerprint density at radius 1 is 1.47 bits per heavy atom. The Bertz CT molecular complexity index is 535. The van der Waals surface area contributed by atoms with E-state index in [0.29, 0.717) is 12.4 Å². The van der Waals surface area contributed by atoms with E-state index in [0.717, 1.165) is 21.5 Å². The van der Waals surface area contributed by atoms with Gasteiger partial charge in [0.2, 0.25) is 0 Å². The lowest BCUT2D eigenvalue weighted by atomic mass is 10.3. The monoisotopic (exact) mass is 295 g/mol. The molecule has 90 valence electrons. The summed E-state index contributed by atoms with van der Waals surface area (Å²) in [5.74, 6) is 1.50. The van der Waals surface area contributed by atoms with E-state index in [1.165, 1.54) is 0 Å². The largest absolute Gasteiger partial charge is 0.384 e. The molecule has 0 bridgehead atoms. The first-order valence-corrected chi connectivity index (χ1v) is 6.00. The Hall–Kier alpha value is -1.56. The third kappa shape index (κ3) is 2.58. The molecule has 0 radical (unpaired) electrons. The third-order valence-corrected chi connectivity index (χ3v) is 3.38. The van der Waals surface area contributed by atoms with Gasteiger partial charge in [0, 0.05) is 23.6 Å². The van der Waals surface area contributed by atoms with E-state index < -0.39 is 0 Å². The van der Waals surface area contributed by atoms with Crippen molar-refractivity contribution in [3.63, 3.8) is 0 Å². The molecule has 2 aromatic heterocycles. The quantitative estimate of drug-likeness (QED) is 0.910. The van der Waals surface area contributed by atoms with Crippen molar-refractivity contribution in [2.45, 2.75) is 13.5 Å². The van der Waals surface area contributed by atoms with Crippen LogP contribution < -0.4 is 11.1 Å². The van der Waals surface area contributed by atoms with Crippen molar-refractivity contribution in [2.24, 2.45) is 7.05 Å². The minimum Gasteiger partial charge on any atom is -0.384 e. The molecule has 0 aliphatic heterocycles. The van der Waals surface area contributed by atoms with Crippen LogP contribution >= 0.6 is 15.9 Å². The van der Waals surface area contributed by atoms with Crippen LogP contribution in [0.4, 0.5) is 11.6 Å². The van der Waals surface area contributed by atoms with Crippen LogP contribution in [-0.2, 0) is 13.6 Å². The number of halogens is 1. The number of rotatable bonds is 3. The van der Waals surface area contributed by atoms with E-state index in [9.17, 15) is 0 Å². The van der Waals surface area contributed by atoms with E-state index in [1.807, 2.05) is 26.1 Å². The summed E-state index contributed by atoms with van der Waals surface area (Å²) in [4.78, 5) is 4.40. The van der Waals surface area contributed by atoms with Gasteiger partial charge in [0.05, 0.1) is 11.9 Å². The molecule has 2 aromatic rings. The molecule has 0 spiro atoms. The van der Waals surface area contributed by atoms with E-state index >= 15 is 0 Å². The number of hydrogen-bond donors (Lipinski definition) is 2. The number of nitrogen functional groups attached to an aromatic ring is 1. The lowest BCUT2D eigenvalue weighted by Crippen LogP contribution is -2.05. The summed E-state index contributed by atoms with van der Waals surface area (Å²) >= 11 is 3.42. The Labute approximate surface area is 108 Å². The maximum Gasteiger partial charge on any atom is 0.126 e. The number of pyridine rings is 1. The fraction of sp³-hybridized carbons (Fsp3) is 0.273. The Morgan fingerprint density at radius 2 is 2.24 bits per heavy atom. The van der Waals surface area contributed by atoms with Gasteiger partial charge in [-0.1, -0.05) is 0 Å². The van der Waals surface area contributed by atoms with Crippen LogP contribution in [-0.4, -0.2) is 14.8 Å². The van der Waals surface area contributed by atoms with E-state index in [-0.39, 0.29) is 0 Å². The van der Waals surface area contributed by atoms with Crippen molar-refractivity contribution >= 4 is 27.6 Å². The highest BCUT2D eigenvalue weighted by Gasteiger charge is 2.05. The molecule has 0 aromatic carbocycles. The normalized spacial score (nSPS) is 10.5. The van der Waals surface area contributed by atoms with Gasteiger partial charge in [-0.15, -0.1) is 0 Å². The molecule has 6 heteroatoms. The van der Waals surface area contributed by atoms with Crippen molar-refractivity contribution in [3.05, 3.63) is 34.1 Å². The fourth-order valence-corrected chi connectivity index (χ4v) is 1.68. The summed E-state index contributed by atoms with van der Waals surface area (Å²) in [7, 11) is 1.82. The van der Waals surface area contributed by atoms with Crippen LogP contribution in [0.25, 0.3) is 0 Å². The zero-order valence-electron chi connectivity index (χ0n) is 9.74. The zero-order valence-corrected chi connectivity index (χ0v) is 11.3. The standard InChI is InChI=1S/C11H14BrN5/c1-7-9(12)3-4-10(16-7)14-5-8-6-15-17(2)11(8)13/h3-4,6H,5,13H2,1-2H3,(H,14,16). The second-order valence-corrected chi connectivity index (χ2v) is 4.65. The summed E-state index contributed by atoms with van der Waals surface area (Å²) in [5, 5.41) is 7.30. The highest BCUT2D eigenvalue weighted by atomic mass is 79.9. The first-order valence-electron chi connectivity index (χ1n) is 5.21. The summed E-state index contributed by atoms with van der Waals surface area (Å²) in [6.07, 6.45) is 1.76. The second-order valence-electron chi connectivity index (χ2n) is 3.80. The number of nitrogens with two attached hydrogens (primary N) is 1. The number of aromatic nitrogens is 3. The highest BCUT2D eigenvalue weighted by molar-refractivity contribution is 9.10. The number of nitrogens with one attached hydrogen (secondary N) is 1. The van der Waals surface area contributed by atoms with Gasteiger partial charge in [0.15, 0.2) is 0 Å².